The Balaban J connectivity index is 0.00000196. The summed E-state index contributed by atoms with van der Waals surface area (Å²) in [6.07, 6.45) is 6.38. The van der Waals surface area contributed by atoms with Crippen molar-refractivity contribution in [3.05, 3.63) is 35.8 Å². The van der Waals surface area contributed by atoms with Crippen molar-refractivity contribution >= 4 is 43.7 Å². The first kappa shape index (κ1) is 14.5. The number of carbonyl (C=O) groups is 1. The number of methoxy groups -OCH3 is 1. The van der Waals surface area contributed by atoms with Crippen LogP contribution in [-0.4, -0.2) is 61.0 Å². The third kappa shape index (κ3) is 4.73. The van der Waals surface area contributed by atoms with Gasteiger partial charge in [-0.25, -0.2) is 4.79 Å². The van der Waals surface area contributed by atoms with Crippen LogP contribution in [0.5, 0.6) is 0 Å². The summed E-state index contributed by atoms with van der Waals surface area (Å²) >= 11 is 0. The molecule has 15 heavy (non-hydrogen) atoms. The Labute approximate surface area is 118 Å². The second-order valence-electron chi connectivity index (χ2n) is 2.94. The molecule has 1 aliphatic rings. The molecule has 80 valence electrons. The molecule has 0 aromatic heterocycles. The number of rotatable bonds is 3. The van der Waals surface area contributed by atoms with Crippen LogP contribution >= 0.6 is 0 Å². The molecule has 0 aromatic rings. The summed E-state index contributed by atoms with van der Waals surface area (Å²) in [6.45, 7) is 0. The van der Waals surface area contributed by atoms with Crippen molar-refractivity contribution in [1.82, 2.24) is 0 Å². The molecule has 1 aliphatic carbocycles. The van der Waals surface area contributed by atoms with Gasteiger partial charge in [0.05, 0.1) is 7.11 Å². The Morgan fingerprint density at radius 2 is 2.33 bits per heavy atom. The monoisotopic (exact) mass is 238 g/mol. The molecule has 0 bridgehead atoms. The van der Waals surface area contributed by atoms with Gasteiger partial charge < -0.3 is 14.9 Å². The third-order valence-corrected chi connectivity index (χ3v) is 1.94. The molecule has 1 atom stereocenters. The van der Waals surface area contributed by atoms with E-state index in [1.165, 1.54) is 13.2 Å². The van der Waals surface area contributed by atoms with Crippen LogP contribution in [0.4, 0.5) is 0 Å². The van der Waals surface area contributed by atoms with E-state index in [1.54, 1.807) is 12.2 Å². The molecule has 0 fully saturated rings. The molecule has 0 saturated carbocycles. The molecule has 0 radical (unpaired) electrons. The van der Waals surface area contributed by atoms with Crippen molar-refractivity contribution < 1.29 is 19.7 Å². The summed E-state index contributed by atoms with van der Waals surface area (Å²) in [7, 11) is 1.47. The van der Waals surface area contributed by atoms with Gasteiger partial charge >= 0.3 is 43.7 Å². The number of carboxylic acid groups (broad SMARTS) is 1. The number of hydrogen-bond donors (Lipinski definition) is 2. The van der Waals surface area contributed by atoms with Gasteiger partial charge in [0.25, 0.3) is 0 Å². The first-order valence-corrected chi connectivity index (χ1v) is 4.19. The van der Waals surface area contributed by atoms with Crippen molar-refractivity contribution in [2.45, 2.75) is 6.42 Å². The van der Waals surface area contributed by atoms with E-state index in [-0.39, 0.29) is 49.4 Å². The molecular formula is C10H14CaO4. The summed E-state index contributed by atoms with van der Waals surface area (Å²) < 4.78 is 4.94. The van der Waals surface area contributed by atoms with Crippen LogP contribution in [0, 0.1) is 5.92 Å². The Kier molecular flexibility index (Phi) is 6.72. The van der Waals surface area contributed by atoms with E-state index in [2.05, 4.69) is 0 Å². The summed E-state index contributed by atoms with van der Waals surface area (Å²) in [6, 6.07) is 0. The Hall–Kier alpha value is -0.450. The fourth-order valence-electron chi connectivity index (χ4n) is 1.22. The number of allylic oxidation sites excluding steroid dienone is 4. The zero-order valence-electron chi connectivity index (χ0n) is 7.80. The number of ether oxygens (including phenoxy) is 1. The maximum absolute atomic E-state index is 10.3. The van der Waals surface area contributed by atoms with Crippen LogP contribution in [0.1, 0.15) is 6.42 Å². The first-order chi connectivity index (χ1) is 6.63. The molecule has 1 unspecified atom stereocenters. The summed E-state index contributed by atoms with van der Waals surface area (Å²) in [4.78, 5) is 10.3. The SMILES string of the molecule is COC1=C(O)C=CC(C=CC(=O)O)C1.[CaH2]. The second kappa shape index (κ2) is 6.93. The molecule has 2 N–H and O–H groups in total. The van der Waals surface area contributed by atoms with Crippen molar-refractivity contribution in [1.29, 1.82) is 0 Å². The fourth-order valence-corrected chi connectivity index (χ4v) is 1.22. The zero-order chi connectivity index (χ0) is 10.6. The normalized spacial score (nSPS) is 20.2. The predicted octanol–water partition coefficient (Wildman–Crippen LogP) is 0.703. The molecule has 4 nitrogen and oxygen atoms in total. The fraction of sp³-hybridized carbons (Fsp3) is 0.300. The number of carboxylic acids is 1. The number of aliphatic hydroxyl groups is 1. The molecule has 0 spiro atoms. The number of hydrogen-bond acceptors (Lipinski definition) is 3. The van der Waals surface area contributed by atoms with Gasteiger partial charge in [-0.15, -0.1) is 0 Å². The van der Waals surface area contributed by atoms with Crippen LogP contribution in [0.2, 0.25) is 0 Å². The molecule has 5 heteroatoms. The van der Waals surface area contributed by atoms with Gasteiger partial charge in [0.15, 0.2) is 5.76 Å². The van der Waals surface area contributed by atoms with Crippen LogP contribution in [0.25, 0.3) is 0 Å². The minimum absolute atomic E-state index is 0. The number of aliphatic carboxylic acids is 1. The Bertz CT molecular complexity index is 317. The topological polar surface area (TPSA) is 66.8 Å². The Morgan fingerprint density at radius 3 is 2.87 bits per heavy atom. The molecule has 0 aromatic carbocycles. The first-order valence-electron chi connectivity index (χ1n) is 4.19. The van der Waals surface area contributed by atoms with E-state index in [0.29, 0.717) is 12.2 Å². The summed E-state index contributed by atoms with van der Waals surface area (Å²) in [5.74, 6) is -0.423. The molecule has 1 rings (SSSR count). The molecule has 0 saturated heterocycles. The Morgan fingerprint density at radius 1 is 1.67 bits per heavy atom. The average molecular weight is 238 g/mol. The van der Waals surface area contributed by atoms with Gasteiger partial charge in [-0.3, -0.25) is 0 Å². The van der Waals surface area contributed by atoms with E-state index in [4.69, 9.17) is 9.84 Å². The van der Waals surface area contributed by atoms with E-state index >= 15 is 0 Å². The maximum atomic E-state index is 10.3. The van der Waals surface area contributed by atoms with E-state index in [1.807, 2.05) is 0 Å². The van der Waals surface area contributed by atoms with E-state index in [0.717, 1.165) is 6.08 Å². The number of aliphatic hydroxyl groups excluding tert-OH is 1. The van der Waals surface area contributed by atoms with Crippen LogP contribution in [-0.2, 0) is 9.53 Å². The summed E-state index contributed by atoms with van der Waals surface area (Å²) in [5, 5.41) is 17.7. The van der Waals surface area contributed by atoms with Gasteiger partial charge in [-0.1, -0.05) is 12.2 Å². The molecule has 0 heterocycles. The van der Waals surface area contributed by atoms with E-state index < -0.39 is 5.97 Å². The van der Waals surface area contributed by atoms with Crippen LogP contribution < -0.4 is 0 Å². The minimum atomic E-state index is -0.976. The van der Waals surface area contributed by atoms with Crippen molar-refractivity contribution in [3.8, 4) is 0 Å². The van der Waals surface area contributed by atoms with Crippen molar-refractivity contribution in [2.24, 2.45) is 5.92 Å². The second-order valence-corrected chi connectivity index (χ2v) is 2.94. The average Bonchev–Trinajstić information content (AvgIpc) is 2.16. The van der Waals surface area contributed by atoms with Crippen molar-refractivity contribution in [3.63, 3.8) is 0 Å². The van der Waals surface area contributed by atoms with Crippen LogP contribution in [0.3, 0.4) is 0 Å². The van der Waals surface area contributed by atoms with Gasteiger partial charge in [0, 0.05) is 18.4 Å². The molecular weight excluding hydrogens is 224 g/mol. The van der Waals surface area contributed by atoms with Crippen LogP contribution in [0.15, 0.2) is 35.8 Å². The third-order valence-electron chi connectivity index (χ3n) is 1.94. The zero-order valence-corrected chi connectivity index (χ0v) is 7.80. The van der Waals surface area contributed by atoms with Gasteiger partial charge in [0.1, 0.15) is 5.76 Å². The van der Waals surface area contributed by atoms with Gasteiger partial charge in [-0.2, -0.15) is 0 Å². The summed E-state index contributed by atoms with van der Waals surface area (Å²) in [5.41, 5.74) is 0. The van der Waals surface area contributed by atoms with Crippen molar-refractivity contribution in [2.75, 3.05) is 7.11 Å². The quantitative estimate of drug-likeness (QED) is 0.561. The van der Waals surface area contributed by atoms with Gasteiger partial charge in [-0.05, 0) is 6.08 Å². The van der Waals surface area contributed by atoms with Gasteiger partial charge in [0.2, 0.25) is 0 Å². The molecule has 0 aliphatic heterocycles. The molecule has 0 amide bonds. The van der Waals surface area contributed by atoms with E-state index in [9.17, 15) is 9.90 Å². The predicted molar refractivity (Wildman–Crippen MR) is 59.2 cm³/mol. The standard InChI is InChI=1S/C10H12O4.Ca.2H/c1-14-9-6-7(2-4-8(9)11)3-5-10(12)13;;;/h2-5,7,11H,6H2,1H3,(H,12,13);;;.